The average molecular weight is 283 g/mol. The van der Waals surface area contributed by atoms with Crippen LogP contribution in [0.5, 0.6) is 0 Å². The molecule has 3 atom stereocenters. The molecule has 1 fully saturated rings. The van der Waals surface area contributed by atoms with E-state index in [0.717, 1.165) is 29.0 Å². The molecule has 0 radical (unpaired) electrons. The molecule has 1 aliphatic carbocycles. The molecule has 0 bridgehead atoms. The van der Waals surface area contributed by atoms with Gasteiger partial charge in [-0.15, -0.1) is 0 Å². The molecular formula is C15H23ClN2O. The molecule has 1 aromatic rings. The van der Waals surface area contributed by atoms with Gasteiger partial charge in [-0.1, -0.05) is 30.2 Å². The van der Waals surface area contributed by atoms with Gasteiger partial charge in [-0.3, -0.25) is 0 Å². The van der Waals surface area contributed by atoms with Gasteiger partial charge in [0.2, 0.25) is 0 Å². The van der Waals surface area contributed by atoms with E-state index in [2.05, 4.69) is 11.4 Å². The Kier molecular flexibility index (Phi) is 5.22. The van der Waals surface area contributed by atoms with E-state index in [9.17, 15) is 5.11 Å². The van der Waals surface area contributed by atoms with Gasteiger partial charge in [0.1, 0.15) is 0 Å². The molecule has 4 heteroatoms. The summed E-state index contributed by atoms with van der Waals surface area (Å²) >= 11 is 6.18. The Morgan fingerprint density at radius 3 is 2.89 bits per heavy atom. The third-order valence-corrected chi connectivity index (χ3v) is 4.55. The first-order valence-corrected chi connectivity index (χ1v) is 7.36. The number of benzene rings is 1. The van der Waals surface area contributed by atoms with Crippen molar-refractivity contribution in [2.45, 2.75) is 38.3 Å². The highest BCUT2D eigenvalue weighted by atomic mass is 35.5. The molecule has 1 saturated carbocycles. The number of rotatable bonds is 5. The zero-order valence-corrected chi connectivity index (χ0v) is 12.2. The van der Waals surface area contributed by atoms with E-state index >= 15 is 0 Å². The van der Waals surface area contributed by atoms with E-state index in [4.69, 9.17) is 17.3 Å². The third kappa shape index (κ3) is 3.48. The van der Waals surface area contributed by atoms with E-state index in [0.29, 0.717) is 18.5 Å². The molecule has 2 rings (SSSR count). The number of hydrogen-bond acceptors (Lipinski definition) is 3. The second-order valence-electron chi connectivity index (χ2n) is 5.44. The van der Waals surface area contributed by atoms with Crippen LogP contribution in [0, 0.1) is 12.8 Å². The number of hydrogen-bond donors (Lipinski definition) is 3. The van der Waals surface area contributed by atoms with Gasteiger partial charge in [-0.2, -0.15) is 0 Å². The van der Waals surface area contributed by atoms with Gasteiger partial charge in [0.15, 0.2) is 0 Å². The van der Waals surface area contributed by atoms with Crippen LogP contribution in [0.15, 0.2) is 18.2 Å². The maximum Gasteiger partial charge on any atom is 0.0474 e. The molecule has 0 aromatic heterocycles. The van der Waals surface area contributed by atoms with Crippen molar-refractivity contribution in [1.82, 2.24) is 5.32 Å². The Bertz CT molecular complexity index is 425. The predicted octanol–water partition coefficient (Wildman–Crippen LogP) is 2.40. The van der Waals surface area contributed by atoms with E-state index in [1.165, 1.54) is 6.42 Å². The fourth-order valence-corrected chi connectivity index (χ4v) is 3.05. The number of halogens is 1. The molecule has 106 valence electrons. The second-order valence-corrected chi connectivity index (χ2v) is 5.85. The molecule has 0 spiro atoms. The van der Waals surface area contributed by atoms with Crippen LogP contribution in [0.25, 0.3) is 0 Å². The molecule has 4 N–H and O–H groups in total. The summed E-state index contributed by atoms with van der Waals surface area (Å²) in [5.41, 5.74) is 8.10. The predicted molar refractivity (Wildman–Crippen MR) is 79.3 cm³/mol. The lowest BCUT2D eigenvalue weighted by atomic mass is 10.00. The van der Waals surface area contributed by atoms with Crippen LogP contribution in [0.4, 0.5) is 0 Å². The number of aliphatic hydroxyl groups is 1. The summed E-state index contributed by atoms with van der Waals surface area (Å²) in [6.45, 7) is 2.79. The lowest BCUT2D eigenvalue weighted by Crippen LogP contribution is -2.39. The number of nitrogens with two attached hydrogens (primary N) is 1. The summed E-state index contributed by atoms with van der Waals surface area (Å²) in [6.07, 6.45) is 3.39. The molecule has 0 aliphatic heterocycles. The number of nitrogens with one attached hydrogen (secondary N) is 1. The summed E-state index contributed by atoms with van der Waals surface area (Å²) in [7, 11) is 0. The fraction of sp³-hybridized carbons (Fsp3) is 0.600. The van der Waals surface area contributed by atoms with Crippen molar-refractivity contribution >= 4 is 11.6 Å². The van der Waals surface area contributed by atoms with Gasteiger partial charge in [-0.05, 0) is 42.9 Å². The van der Waals surface area contributed by atoms with Crippen molar-refractivity contribution in [1.29, 1.82) is 0 Å². The molecule has 1 aromatic carbocycles. The standard InChI is InChI=1S/C15H23ClN2O/c1-10-5-6-11(7-13(10)16)15(8-17)18-14-4-2-3-12(14)9-19/h5-7,12,14-15,18-19H,2-4,8-9,17H2,1H3. The normalized spacial score (nSPS) is 24.6. The Hall–Kier alpha value is -0.610. The van der Waals surface area contributed by atoms with E-state index < -0.39 is 0 Å². The zero-order valence-electron chi connectivity index (χ0n) is 11.4. The van der Waals surface area contributed by atoms with Crippen molar-refractivity contribution in [2.75, 3.05) is 13.2 Å². The molecule has 19 heavy (non-hydrogen) atoms. The van der Waals surface area contributed by atoms with E-state index in [1.54, 1.807) is 0 Å². The van der Waals surface area contributed by atoms with Crippen LogP contribution >= 0.6 is 11.6 Å². The Morgan fingerprint density at radius 2 is 2.26 bits per heavy atom. The topological polar surface area (TPSA) is 58.3 Å². The van der Waals surface area contributed by atoms with Crippen LogP contribution in [0.3, 0.4) is 0 Å². The molecule has 3 nitrogen and oxygen atoms in total. The maximum absolute atomic E-state index is 9.38. The highest BCUT2D eigenvalue weighted by Crippen LogP contribution is 2.28. The second kappa shape index (κ2) is 6.71. The number of aryl methyl sites for hydroxylation is 1. The summed E-state index contributed by atoms with van der Waals surface area (Å²) in [5, 5.41) is 13.7. The van der Waals surface area contributed by atoms with Gasteiger partial charge in [0.25, 0.3) is 0 Å². The Morgan fingerprint density at radius 1 is 1.47 bits per heavy atom. The first kappa shape index (κ1) is 14.8. The average Bonchev–Trinajstić information content (AvgIpc) is 2.86. The highest BCUT2D eigenvalue weighted by Gasteiger charge is 2.28. The minimum absolute atomic E-state index is 0.107. The first-order valence-electron chi connectivity index (χ1n) is 6.98. The van der Waals surface area contributed by atoms with Gasteiger partial charge in [0, 0.05) is 30.3 Å². The monoisotopic (exact) mass is 282 g/mol. The summed E-state index contributed by atoms with van der Waals surface area (Å²) in [5.74, 6) is 0.356. The zero-order chi connectivity index (χ0) is 13.8. The molecule has 3 unspecified atom stereocenters. The lowest BCUT2D eigenvalue weighted by molar-refractivity contribution is 0.200. The summed E-state index contributed by atoms with van der Waals surface area (Å²) < 4.78 is 0. The molecule has 0 amide bonds. The minimum atomic E-state index is 0.107. The molecule has 0 heterocycles. The van der Waals surface area contributed by atoms with Gasteiger partial charge >= 0.3 is 0 Å². The van der Waals surface area contributed by atoms with Crippen molar-refractivity contribution < 1.29 is 5.11 Å². The van der Waals surface area contributed by atoms with Crippen LogP contribution in [-0.4, -0.2) is 24.3 Å². The van der Waals surface area contributed by atoms with Crippen molar-refractivity contribution in [2.24, 2.45) is 11.7 Å². The van der Waals surface area contributed by atoms with Crippen LogP contribution in [0.2, 0.25) is 5.02 Å². The van der Waals surface area contributed by atoms with Crippen molar-refractivity contribution in [3.05, 3.63) is 34.3 Å². The van der Waals surface area contributed by atoms with Gasteiger partial charge in [-0.25, -0.2) is 0 Å². The van der Waals surface area contributed by atoms with Crippen LogP contribution in [0.1, 0.15) is 36.4 Å². The fourth-order valence-electron chi connectivity index (χ4n) is 2.86. The van der Waals surface area contributed by atoms with Crippen molar-refractivity contribution in [3.63, 3.8) is 0 Å². The van der Waals surface area contributed by atoms with E-state index in [-0.39, 0.29) is 12.6 Å². The Labute approximate surface area is 120 Å². The quantitative estimate of drug-likeness (QED) is 0.777. The lowest BCUT2D eigenvalue weighted by Gasteiger charge is -2.26. The molecular weight excluding hydrogens is 260 g/mol. The first-order chi connectivity index (χ1) is 9.15. The largest absolute Gasteiger partial charge is 0.396 e. The number of aliphatic hydroxyl groups excluding tert-OH is 1. The minimum Gasteiger partial charge on any atom is -0.396 e. The summed E-state index contributed by atoms with van der Waals surface area (Å²) in [4.78, 5) is 0. The third-order valence-electron chi connectivity index (χ3n) is 4.14. The van der Waals surface area contributed by atoms with Gasteiger partial charge in [0.05, 0.1) is 0 Å². The van der Waals surface area contributed by atoms with Crippen LogP contribution in [-0.2, 0) is 0 Å². The van der Waals surface area contributed by atoms with Gasteiger partial charge < -0.3 is 16.2 Å². The molecule has 1 aliphatic rings. The maximum atomic E-state index is 9.38. The molecule has 0 saturated heterocycles. The Balaban J connectivity index is 2.09. The SMILES string of the molecule is Cc1ccc(C(CN)NC2CCCC2CO)cc1Cl. The van der Waals surface area contributed by atoms with Crippen LogP contribution < -0.4 is 11.1 Å². The smallest absolute Gasteiger partial charge is 0.0474 e. The summed E-state index contributed by atoms with van der Waals surface area (Å²) in [6, 6.07) is 6.56. The van der Waals surface area contributed by atoms with Crippen molar-refractivity contribution in [3.8, 4) is 0 Å². The highest BCUT2D eigenvalue weighted by molar-refractivity contribution is 6.31. The van der Waals surface area contributed by atoms with E-state index in [1.807, 2.05) is 19.1 Å².